The molecule has 1 aliphatic heterocycles. The Bertz CT molecular complexity index is 1400. The van der Waals surface area contributed by atoms with Crippen LogP contribution in [-0.2, 0) is 20.4 Å². The molecule has 1 aliphatic rings. The van der Waals surface area contributed by atoms with Crippen LogP contribution in [0.3, 0.4) is 0 Å². The maximum absolute atomic E-state index is 13.6. The Kier molecular flexibility index (Phi) is 9.14. The van der Waals surface area contributed by atoms with Crippen molar-refractivity contribution < 1.29 is 22.8 Å². The molecule has 1 saturated heterocycles. The molecule has 0 bridgehead atoms. The number of piperidine rings is 1. The number of ketones is 1. The number of sulfone groups is 1. The molecule has 4 rings (SSSR count). The first-order chi connectivity index (χ1) is 18.7. The molecule has 8 nitrogen and oxygen atoms in total. The zero-order valence-corrected chi connectivity index (χ0v) is 22.7. The quantitative estimate of drug-likeness (QED) is 0.390. The molecule has 2 N–H and O–H groups in total. The summed E-state index contributed by atoms with van der Waals surface area (Å²) in [5, 5.41) is 5.28. The van der Waals surface area contributed by atoms with Gasteiger partial charge in [-0.15, -0.1) is 0 Å². The van der Waals surface area contributed by atoms with Crippen LogP contribution in [-0.4, -0.2) is 55.9 Å². The molecule has 0 saturated carbocycles. The molecule has 3 aromatic rings. The first kappa shape index (κ1) is 28.0. The number of amides is 3. The van der Waals surface area contributed by atoms with Crippen LogP contribution in [0.15, 0.2) is 84.9 Å². The zero-order valence-electron chi connectivity index (χ0n) is 21.9. The van der Waals surface area contributed by atoms with Crippen LogP contribution >= 0.6 is 0 Å². The van der Waals surface area contributed by atoms with Gasteiger partial charge in [-0.25, -0.2) is 13.2 Å². The van der Waals surface area contributed by atoms with Gasteiger partial charge < -0.3 is 15.5 Å². The van der Waals surface area contributed by atoms with Gasteiger partial charge in [0, 0.05) is 30.3 Å². The molecule has 0 aromatic heterocycles. The molecule has 3 aromatic carbocycles. The second-order valence-electron chi connectivity index (χ2n) is 9.89. The second kappa shape index (κ2) is 12.7. The minimum Gasteiger partial charge on any atom is -0.341 e. The number of urea groups is 1. The predicted molar refractivity (Wildman–Crippen MR) is 151 cm³/mol. The van der Waals surface area contributed by atoms with E-state index in [-0.39, 0.29) is 17.5 Å². The van der Waals surface area contributed by atoms with Gasteiger partial charge in [0.25, 0.3) is 0 Å². The van der Waals surface area contributed by atoms with Crippen LogP contribution in [0.1, 0.15) is 34.3 Å². The van der Waals surface area contributed by atoms with Crippen molar-refractivity contribution >= 4 is 33.2 Å². The van der Waals surface area contributed by atoms with E-state index in [9.17, 15) is 22.8 Å². The lowest BCUT2D eigenvalue weighted by Gasteiger charge is -2.34. The predicted octanol–water partition coefficient (Wildman–Crippen LogP) is 4.22. The van der Waals surface area contributed by atoms with E-state index in [2.05, 4.69) is 10.6 Å². The third-order valence-electron chi connectivity index (χ3n) is 6.77. The van der Waals surface area contributed by atoms with Gasteiger partial charge in [-0.3, -0.25) is 9.59 Å². The van der Waals surface area contributed by atoms with Gasteiger partial charge >= 0.3 is 6.03 Å². The second-order valence-corrected chi connectivity index (χ2v) is 12.0. The van der Waals surface area contributed by atoms with E-state index in [1.165, 1.54) is 0 Å². The molecule has 1 atom stereocenters. The van der Waals surface area contributed by atoms with Crippen LogP contribution in [0.25, 0.3) is 0 Å². The minimum absolute atomic E-state index is 0.0420. The SMILES string of the molecule is Cc1cccc(NC(=O)N[C@H](CS(=O)(=O)Cc2ccccc2)C(=O)N2CCC(C(=O)c3ccccc3)CC2)c1. The summed E-state index contributed by atoms with van der Waals surface area (Å²) in [5.41, 5.74) is 2.72. The molecule has 0 aliphatic carbocycles. The molecular formula is C30H33N3O5S. The summed E-state index contributed by atoms with van der Waals surface area (Å²) >= 11 is 0. The summed E-state index contributed by atoms with van der Waals surface area (Å²) in [6, 6.07) is 23.0. The molecule has 1 heterocycles. The van der Waals surface area contributed by atoms with Gasteiger partial charge in [0.1, 0.15) is 6.04 Å². The topological polar surface area (TPSA) is 113 Å². The molecule has 0 unspecified atom stereocenters. The first-order valence-electron chi connectivity index (χ1n) is 13.0. The Morgan fingerprint density at radius 1 is 0.897 bits per heavy atom. The van der Waals surface area contributed by atoms with E-state index in [0.717, 1.165) is 5.56 Å². The number of carbonyl (C=O) groups is 3. The van der Waals surface area contributed by atoms with Crippen LogP contribution < -0.4 is 10.6 Å². The lowest BCUT2D eigenvalue weighted by atomic mass is 9.88. The fourth-order valence-electron chi connectivity index (χ4n) is 4.78. The number of nitrogens with zero attached hydrogens (tertiary/aromatic N) is 1. The number of benzene rings is 3. The highest BCUT2D eigenvalue weighted by Gasteiger charge is 2.34. The van der Waals surface area contributed by atoms with Crippen molar-refractivity contribution in [2.24, 2.45) is 5.92 Å². The monoisotopic (exact) mass is 547 g/mol. The Morgan fingerprint density at radius 3 is 2.18 bits per heavy atom. The number of likely N-dealkylation sites (tertiary alicyclic amines) is 1. The Morgan fingerprint density at radius 2 is 1.54 bits per heavy atom. The number of anilines is 1. The lowest BCUT2D eigenvalue weighted by Crippen LogP contribution is -2.54. The summed E-state index contributed by atoms with van der Waals surface area (Å²) in [6.07, 6.45) is 0.941. The third kappa shape index (κ3) is 8.00. The summed E-state index contributed by atoms with van der Waals surface area (Å²) in [7, 11) is -3.75. The summed E-state index contributed by atoms with van der Waals surface area (Å²) < 4.78 is 26.2. The number of rotatable bonds is 9. The Balaban J connectivity index is 1.45. The highest BCUT2D eigenvalue weighted by molar-refractivity contribution is 7.90. The highest BCUT2D eigenvalue weighted by atomic mass is 32.2. The highest BCUT2D eigenvalue weighted by Crippen LogP contribution is 2.23. The van der Waals surface area contributed by atoms with Crippen molar-refractivity contribution in [3.05, 3.63) is 102 Å². The number of hydrogen-bond donors (Lipinski definition) is 2. The van der Waals surface area contributed by atoms with E-state index in [4.69, 9.17) is 0 Å². The Labute approximate surface area is 229 Å². The summed E-state index contributed by atoms with van der Waals surface area (Å²) in [6.45, 7) is 2.49. The maximum Gasteiger partial charge on any atom is 0.319 e. The third-order valence-corrected chi connectivity index (χ3v) is 8.38. The molecule has 0 spiro atoms. The fraction of sp³-hybridized carbons (Fsp3) is 0.300. The van der Waals surface area contributed by atoms with Gasteiger partial charge in [-0.05, 0) is 43.0 Å². The zero-order chi connectivity index (χ0) is 27.8. The van der Waals surface area contributed by atoms with Gasteiger partial charge in [-0.2, -0.15) is 0 Å². The fourth-order valence-corrected chi connectivity index (χ4v) is 6.34. The van der Waals surface area contributed by atoms with E-state index < -0.39 is 33.6 Å². The molecule has 204 valence electrons. The van der Waals surface area contributed by atoms with Gasteiger partial charge in [-0.1, -0.05) is 72.8 Å². The van der Waals surface area contributed by atoms with Crippen LogP contribution in [0.5, 0.6) is 0 Å². The smallest absolute Gasteiger partial charge is 0.319 e. The van der Waals surface area contributed by atoms with Crippen molar-refractivity contribution in [1.82, 2.24) is 10.2 Å². The molecule has 9 heteroatoms. The molecule has 3 amide bonds. The molecule has 39 heavy (non-hydrogen) atoms. The number of Topliss-reactive ketones (excluding diaryl/α,β-unsaturated/α-hetero) is 1. The van der Waals surface area contributed by atoms with Gasteiger partial charge in [0.05, 0.1) is 11.5 Å². The average Bonchev–Trinajstić information content (AvgIpc) is 2.92. The minimum atomic E-state index is -3.75. The maximum atomic E-state index is 13.6. The van der Waals surface area contributed by atoms with Crippen molar-refractivity contribution in [2.75, 3.05) is 24.2 Å². The first-order valence-corrected chi connectivity index (χ1v) is 14.8. The van der Waals surface area contributed by atoms with Gasteiger partial charge in [0.15, 0.2) is 15.6 Å². The molecule has 1 fully saturated rings. The van der Waals surface area contributed by atoms with E-state index in [0.29, 0.717) is 42.7 Å². The van der Waals surface area contributed by atoms with Crippen LogP contribution in [0.4, 0.5) is 10.5 Å². The van der Waals surface area contributed by atoms with Crippen molar-refractivity contribution in [3.8, 4) is 0 Å². The number of carbonyl (C=O) groups excluding carboxylic acids is 3. The normalized spacial score (nSPS) is 14.8. The summed E-state index contributed by atoms with van der Waals surface area (Å²) in [4.78, 5) is 40.8. The van der Waals surface area contributed by atoms with E-state index in [1.807, 2.05) is 31.2 Å². The number of aryl methyl sites for hydroxylation is 1. The van der Waals surface area contributed by atoms with Crippen LogP contribution in [0, 0.1) is 12.8 Å². The van der Waals surface area contributed by atoms with Gasteiger partial charge in [0.2, 0.25) is 5.91 Å². The molecular weight excluding hydrogens is 514 g/mol. The van der Waals surface area contributed by atoms with Crippen molar-refractivity contribution in [3.63, 3.8) is 0 Å². The van der Waals surface area contributed by atoms with Crippen LogP contribution in [0.2, 0.25) is 0 Å². The molecule has 0 radical (unpaired) electrons. The van der Waals surface area contributed by atoms with E-state index in [1.54, 1.807) is 65.6 Å². The summed E-state index contributed by atoms with van der Waals surface area (Å²) in [5.74, 6) is -1.43. The standard InChI is InChI=1S/C30H33N3O5S/c1-22-9-8-14-26(19-22)31-30(36)32-27(21-39(37,38)20-23-10-4-2-5-11-23)29(35)33-17-15-25(16-18-33)28(34)24-12-6-3-7-13-24/h2-14,19,25,27H,15-18,20-21H2,1H3,(H2,31,32,36)/t27-/m1/s1. The van der Waals surface area contributed by atoms with E-state index >= 15 is 0 Å². The van der Waals surface area contributed by atoms with Crippen molar-refractivity contribution in [1.29, 1.82) is 0 Å². The lowest BCUT2D eigenvalue weighted by molar-refractivity contribution is -0.133. The largest absolute Gasteiger partial charge is 0.341 e. The average molecular weight is 548 g/mol. The van der Waals surface area contributed by atoms with Crippen molar-refractivity contribution in [2.45, 2.75) is 31.6 Å². The Hall–Kier alpha value is -3.98. The number of hydrogen-bond acceptors (Lipinski definition) is 5. The number of nitrogens with one attached hydrogen (secondary N) is 2.